The van der Waals surface area contributed by atoms with Crippen LogP contribution in [0.3, 0.4) is 0 Å². The molecule has 1 amide bonds. The van der Waals surface area contributed by atoms with Crippen molar-refractivity contribution in [3.63, 3.8) is 0 Å². The average molecular weight is 473 g/mol. The van der Waals surface area contributed by atoms with Gasteiger partial charge in [0.25, 0.3) is 11.6 Å². The molecule has 6 nitrogen and oxygen atoms in total. The van der Waals surface area contributed by atoms with Gasteiger partial charge < -0.3 is 5.32 Å². The normalized spacial score (nSPS) is 10.8. The Kier molecular flexibility index (Phi) is 5.78. The number of rotatable bonds is 4. The first-order valence-corrected chi connectivity index (χ1v) is 10.1. The Morgan fingerprint density at radius 3 is 2.45 bits per heavy atom. The molecule has 0 aliphatic carbocycles. The molecule has 0 aliphatic heterocycles. The van der Waals surface area contributed by atoms with E-state index in [1.807, 2.05) is 6.07 Å². The Morgan fingerprint density at radius 1 is 0.935 bits per heavy atom. The van der Waals surface area contributed by atoms with Gasteiger partial charge in [-0.15, -0.1) is 0 Å². The van der Waals surface area contributed by atoms with Crippen LogP contribution in [0.1, 0.15) is 10.4 Å². The number of non-ortho nitro benzene ring substituents is 1. The van der Waals surface area contributed by atoms with Crippen LogP contribution in [0.25, 0.3) is 22.2 Å². The predicted octanol–water partition coefficient (Wildman–Crippen LogP) is 7.02. The molecule has 4 aromatic rings. The second kappa shape index (κ2) is 8.51. The van der Waals surface area contributed by atoms with Gasteiger partial charge in [-0.05, 0) is 36.4 Å². The standard InChI is InChI=1S/C22H12Cl3N3O3/c23-12-5-7-15(18(25)9-12)20-11-16(14-3-1-2-4-19(14)26-20)22(29)27-21-10-13(28(30)31)6-8-17(21)24/h1-11H,(H,27,29). The van der Waals surface area contributed by atoms with E-state index >= 15 is 0 Å². The average Bonchev–Trinajstić information content (AvgIpc) is 2.74. The van der Waals surface area contributed by atoms with Gasteiger partial charge in [0.05, 0.1) is 37.4 Å². The number of benzene rings is 3. The molecule has 0 saturated heterocycles. The van der Waals surface area contributed by atoms with E-state index in [1.54, 1.807) is 42.5 Å². The van der Waals surface area contributed by atoms with Gasteiger partial charge in [0.15, 0.2) is 0 Å². The summed E-state index contributed by atoms with van der Waals surface area (Å²) in [6.07, 6.45) is 0. The Balaban J connectivity index is 1.82. The van der Waals surface area contributed by atoms with Crippen molar-refractivity contribution in [2.24, 2.45) is 0 Å². The maximum Gasteiger partial charge on any atom is 0.271 e. The fourth-order valence-electron chi connectivity index (χ4n) is 3.11. The van der Waals surface area contributed by atoms with Crippen LogP contribution in [0, 0.1) is 10.1 Å². The topological polar surface area (TPSA) is 85.1 Å². The number of fused-ring (bicyclic) bond motifs is 1. The van der Waals surface area contributed by atoms with Crippen LogP contribution in [-0.4, -0.2) is 15.8 Å². The van der Waals surface area contributed by atoms with Crippen LogP contribution < -0.4 is 5.32 Å². The first-order chi connectivity index (χ1) is 14.8. The Hall–Kier alpha value is -3.19. The van der Waals surface area contributed by atoms with Crippen molar-refractivity contribution in [1.29, 1.82) is 0 Å². The molecule has 0 saturated carbocycles. The largest absolute Gasteiger partial charge is 0.320 e. The molecule has 1 aromatic heterocycles. The quantitative estimate of drug-likeness (QED) is 0.255. The number of nitrogens with zero attached hydrogens (tertiary/aromatic N) is 2. The maximum absolute atomic E-state index is 13.2. The number of pyridine rings is 1. The lowest BCUT2D eigenvalue weighted by molar-refractivity contribution is -0.384. The van der Waals surface area contributed by atoms with Crippen LogP contribution in [-0.2, 0) is 0 Å². The molecule has 0 bridgehead atoms. The number of carbonyl (C=O) groups excluding carboxylic acids is 1. The van der Waals surface area contributed by atoms with Gasteiger partial charge in [0.2, 0.25) is 0 Å². The van der Waals surface area contributed by atoms with Gasteiger partial charge in [-0.25, -0.2) is 4.98 Å². The fraction of sp³-hybridized carbons (Fsp3) is 0. The van der Waals surface area contributed by atoms with Gasteiger partial charge in [-0.1, -0.05) is 53.0 Å². The summed E-state index contributed by atoms with van der Waals surface area (Å²) in [7, 11) is 0. The predicted molar refractivity (Wildman–Crippen MR) is 123 cm³/mol. The SMILES string of the molecule is O=C(Nc1cc([N+](=O)[O-])ccc1Cl)c1cc(-c2ccc(Cl)cc2Cl)nc2ccccc12. The van der Waals surface area contributed by atoms with E-state index in [-0.39, 0.29) is 16.4 Å². The zero-order chi connectivity index (χ0) is 22.1. The number of hydrogen-bond acceptors (Lipinski definition) is 4. The molecule has 0 fully saturated rings. The van der Waals surface area contributed by atoms with Crippen molar-refractivity contribution in [3.05, 3.63) is 97.5 Å². The summed E-state index contributed by atoms with van der Waals surface area (Å²) in [6, 6.07) is 17.6. The van der Waals surface area contributed by atoms with Crippen LogP contribution >= 0.6 is 34.8 Å². The third-order valence-corrected chi connectivity index (χ3v) is 5.45. The van der Waals surface area contributed by atoms with Crippen LogP contribution in [0.5, 0.6) is 0 Å². The molecule has 154 valence electrons. The van der Waals surface area contributed by atoms with Gasteiger partial charge in [-0.2, -0.15) is 0 Å². The zero-order valence-corrected chi connectivity index (χ0v) is 17.9. The first kappa shape index (κ1) is 21.1. The lowest BCUT2D eigenvalue weighted by Crippen LogP contribution is -2.13. The van der Waals surface area contributed by atoms with Crippen LogP contribution in [0.2, 0.25) is 15.1 Å². The van der Waals surface area contributed by atoms with Gasteiger partial charge >= 0.3 is 0 Å². The number of nitro benzene ring substituents is 1. The number of nitro groups is 1. The molecule has 0 radical (unpaired) electrons. The molecule has 4 rings (SSSR count). The second-order valence-electron chi connectivity index (χ2n) is 6.57. The highest BCUT2D eigenvalue weighted by molar-refractivity contribution is 6.36. The van der Waals surface area contributed by atoms with E-state index in [9.17, 15) is 14.9 Å². The summed E-state index contributed by atoms with van der Waals surface area (Å²) in [5.41, 5.74) is 1.94. The van der Waals surface area contributed by atoms with E-state index in [1.165, 1.54) is 18.2 Å². The number of carbonyl (C=O) groups is 1. The molecule has 0 atom stereocenters. The highest BCUT2D eigenvalue weighted by atomic mass is 35.5. The van der Waals surface area contributed by atoms with E-state index < -0.39 is 10.8 Å². The molecule has 0 aliphatic rings. The molecule has 3 aromatic carbocycles. The number of para-hydroxylation sites is 1. The van der Waals surface area contributed by atoms with Gasteiger partial charge in [-0.3, -0.25) is 14.9 Å². The number of halogens is 3. The first-order valence-electron chi connectivity index (χ1n) is 8.94. The Morgan fingerprint density at radius 2 is 1.71 bits per heavy atom. The lowest BCUT2D eigenvalue weighted by Gasteiger charge is -2.12. The smallest absolute Gasteiger partial charge is 0.271 e. The summed E-state index contributed by atoms with van der Waals surface area (Å²) in [4.78, 5) is 28.3. The number of nitrogens with one attached hydrogen (secondary N) is 1. The molecule has 1 heterocycles. The third kappa shape index (κ3) is 4.32. The molecule has 9 heteroatoms. The van der Waals surface area contributed by atoms with E-state index in [4.69, 9.17) is 34.8 Å². The highest BCUT2D eigenvalue weighted by Gasteiger charge is 2.18. The monoisotopic (exact) mass is 471 g/mol. The van der Waals surface area contributed by atoms with Crippen molar-refractivity contribution < 1.29 is 9.72 Å². The summed E-state index contributed by atoms with van der Waals surface area (Å²) in [5.74, 6) is -0.493. The van der Waals surface area contributed by atoms with Crippen molar-refractivity contribution >= 4 is 63.0 Å². The Bertz CT molecular complexity index is 1360. The Labute approximate surface area is 191 Å². The van der Waals surface area contributed by atoms with Crippen molar-refractivity contribution in [3.8, 4) is 11.3 Å². The molecular weight excluding hydrogens is 461 g/mol. The molecule has 31 heavy (non-hydrogen) atoms. The summed E-state index contributed by atoms with van der Waals surface area (Å²) < 4.78 is 0. The molecule has 0 unspecified atom stereocenters. The molecule has 0 spiro atoms. The summed E-state index contributed by atoms with van der Waals surface area (Å²) >= 11 is 18.5. The minimum absolute atomic E-state index is 0.132. The lowest BCUT2D eigenvalue weighted by atomic mass is 10.0. The minimum Gasteiger partial charge on any atom is -0.320 e. The number of hydrogen-bond donors (Lipinski definition) is 1. The highest BCUT2D eigenvalue weighted by Crippen LogP contribution is 2.33. The third-order valence-electron chi connectivity index (χ3n) is 4.58. The van der Waals surface area contributed by atoms with E-state index in [0.717, 1.165) is 0 Å². The van der Waals surface area contributed by atoms with Gasteiger partial charge in [0.1, 0.15) is 0 Å². The van der Waals surface area contributed by atoms with Gasteiger partial charge in [0, 0.05) is 28.1 Å². The van der Waals surface area contributed by atoms with Crippen molar-refractivity contribution in [1.82, 2.24) is 4.98 Å². The van der Waals surface area contributed by atoms with Crippen LogP contribution in [0.4, 0.5) is 11.4 Å². The van der Waals surface area contributed by atoms with E-state index in [2.05, 4.69) is 10.3 Å². The zero-order valence-electron chi connectivity index (χ0n) is 15.6. The number of anilines is 1. The molecule has 1 N–H and O–H groups in total. The number of aromatic nitrogens is 1. The summed E-state index contributed by atoms with van der Waals surface area (Å²) in [5, 5.41) is 15.4. The maximum atomic E-state index is 13.2. The van der Waals surface area contributed by atoms with Crippen molar-refractivity contribution in [2.45, 2.75) is 0 Å². The summed E-state index contributed by atoms with van der Waals surface area (Å²) in [6.45, 7) is 0. The number of amides is 1. The fourth-order valence-corrected chi connectivity index (χ4v) is 3.78. The molecular formula is C22H12Cl3N3O3. The minimum atomic E-state index is -0.561. The van der Waals surface area contributed by atoms with Crippen molar-refractivity contribution in [2.75, 3.05) is 5.32 Å². The second-order valence-corrected chi connectivity index (χ2v) is 7.82. The van der Waals surface area contributed by atoms with Crippen LogP contribution in [0.15, 0.2) is 66.7 Å². The van der Waals surface area contributed by atoms with E-state index in [0.29, 0.717) is 37.8 Å².